The molecule has 31 heavy (non-hydrogen) atoms. The molecular formula is C23H25N7S. The monoisotopic (exact) mass is 431 g/mol. The first kappa shape index (κ1) is 18.8. The van der Waals surface area contributed by atoms with Crippen molar-refractivity contribution in [2.75, 3.05) is 13.1 Å². The largest absolute Gasteiger partial charge is 0.354 e. The predicted octanol–water partition coefficient (Wildman–Crippen LogP) is 4.77. The van der Waals surface area contributed by atoms with Gasteiger partial charge in [0.25, 0.3) is 0 Å². The van der Waals surface area contributed by atoms with Crippen molar-refractivity contribution in [3.05, 3.63) is 48.2 Å². The summed E-state index contributed by atoms with van der Waals surface area (Å²) < 4.78 is 5.31. The molecule has 5 aromatic heterocycles. The van der Waals surface area contributed by atoms with E-state index in [4.69, 9.17) is 0 Å². The van der Waals surface area contributed by atoms with Crippen LogP contribution >= 0.6 is 11.3 Å². The molecule has 8 heteroatoms. The molecule has 0 spiro atoms. The van der Waals surface area contributed by atoms with Crippen LogP contribution in [-0.2, 0) is 0 Å². The van der Waals surface area contributed by atoms with Crippen molar-refractivity contribution in [1.82, 2.24) is 34.7 Å². The summed E-state index contributed by atoms with van der Waals surface area (Å²) in [4.78, 5) is 9.32. The maximum atomic E-state index is 4.64. The van der Waals surface area contributed by atoms with Gasteiger partial charge in [-0.1, -0.05) is 13.8 Å². The Morgan fingerprint density at radius 3 is 2.87 bits per heavy atom. The number of nitrogens with zero attached hydrogens (tertiary/aromatic N) is 5. The fraction of sp³-hybridized carbons (Fsp3) is 0.348. The van der Waals surface area contributed by atoms with E-state index in [0.717, 1.165) is 36.3 Å². The van der Waals surface area contributed by atoms with Gasteiger partial charge in [0.05, 0.1) is 28.1 Å². The van der Waals surface area contributed by atoms with Crippen molar-refractivity contribution in [2.45, 2.75) is 39.2 Å². The third-order valence-electron chi connectivity index (χ3n) is 6.23. The van der Waals surface area contributed by atoms with Gasteiger partial charge in [0.1, 0.15) is 6.33 Å². The van der Waals surface area contributed by atoms with Crippen LogP contribution in [0.4, 0.5) is 0 Å². The molecule has 2 N–H and O–H groups in total. The van der Waals surface area contributed by atoms with Crippen molar-refractivity contribution in [1.29, 1.82) is 0 Å². The van der Waals surface area contributed by atoms with Crippen LogP contribution in [-0.4, -0.2) is 42.5 Å². The third kappa shape index (κ3) is 3.01. The van der Waals surface area contributed by atoms with Crippen molar-refractivity contribution >= 4 is 27.2 Å². The van der Waals surface area contributed by atoms with Crippen molar-refractivity contribution in [3.63, 3.8) is 0 Å². The van der Waals surface area contributed by atoms with Gasteiger partial charge in [0, 0.05) is 34.9 Å². The number of H-pyrrole nitrogens is 1. The average molecular weight is 432 g/mol. The molecule has 0 saturated carbocycles. The van der Waals surface area contributed by atoms with Crippen LogP contribution in [0.2, 0.25) is 0 Å². The number of hydrogen-bond acceptors (Lipinski definition) is 5. The number of pyridine rings is 1. The van der Waals surface area contributed by atoms with Crippen LogP contribution in [0.25, 0.3) is 37.6 Å². The predicted molar refractivity (Wildman–Crippen MR) is 125 cm³/mol. The van der Waals surface area contributed by atoms with Gasteiger partial charge < -0.3 is 10.3 Å². The lowest BCUT2D eigenvalue weighted by molar-refractivity contribution is 0.491. The smallest absolute Gasteiger partial charge is 0.158 e. The normalized spacial score (nSPS) is 17.0. The summed E-state index contributed by atoms with van der Waals surface area (Å²) in [6.07, 6.45) is 9.01. The van der Waals surface area contributed by atoms with E-state index in [2.05, 4.69) is 75.5 Å². The second-order valence-corrected chi connectivity index (χ2v) is 9.77. The van der Waals surface area contributed by atoms with Gasteiger partial charge in [-0.2, -0.15) is 10.2 Å². The van der Waals surface area contributed by atoms with Gasteiger partial charge in [-0.05, 0) is 49.1 Å². The Bertz CT molecular complexity index is 1390. The lowest BCUT2D eigenvalue weighted by Crippen LogP contribution is -2.13. The van der Waals surface area contributed by atoms with Crippen molar-refractivity contribution in [2.24, 2.45) is 0 Å². The number of aromatic nitrogens is 6. The molecule has 5 aromatic rings. The molecule has 1 fully saturated rings. The minimum Gasteiger partial charge on any atom is -0.354 e. The zero-order chi connectivity index (χ0) is 21.1. The van der Waals surface area contributed by atoms with Gasteiger partial charge in [-0.25, -0.2) is 9.50 Å². The summed E-state index contributed by atoms with van der Waals surface area (Å²) in [5.41, 5.74) is 8.08. The second kappa shape index (κ2) is 7.03. The molecule has 0 amide bonds. The zero-order valence-electron chi connectivity index (χ0n) is 17.9. The fourth-order valence-corrected chi connectivity index (χ4v) is 5.97. The van der Waals surface area contributed by atoms with E-state index in [-0.39, 0.29) is 0 Å². The average Bonchev–Trinajstić information content (AvgIpc) is 3.55. The van der Waals surface area contributed by atoms with E-state index < -0.39 is 0 Å². The lowest BCUT2D eigenvalue weighted by atomic mass is 9.99. The standard InChI is InChI=1S/C23H25N7S/c1-13(2)20-21(15-6-14(3)23-25-12-27-30(23)10-15)28-18-7-19(31-22(18)20)16-8-26-29(11-16)17-4-5-24-9-17/h6-8,10-13,17,24,28H,4-5,9H2,1-3H3. The highest BCUT2D eigenvalue weighted by Crippen LogP contribution is 2.42. The van der Waals surface area contributed by atoms with Gasteiger partial charge in [0.15, 0.2) is 5.65 Å². The zero-order valence-corrected chi connectivity index (χ0v) is 18.7. The number of rotatable bonds is 4. The molecule has 7 nitrogen and oxygen atoms in total. The molecule has 1 atom stereocenters. The van der Waals surface area contributed by atoms with Gasteiger partial charge in [-0.3, -0.25) is 4.68 Å². The second-order valence-electron chi connectivity index (χ2n) is 8.72. The van der Waals surface area contributed by atoms with E-state index in [1.165, 1.54) is 31.9 Å². The summed E-state index contributed by atoms with van der Waals surface area (Å²) in [5.74, 6) is 0.397. The first-order chi connectivity index (χ1) is 15.1. The van der Waals surface area contributed by atoms with Crippen molar-refractivity contribution < 1.29 is 0 Å². The van der Waals surface area contributed by atoms with Crippen LogP contribution in [0, 0.1) is 6.92 Å². The number of fused-ring (bicyclic) bond motifs is 2. The highest BCUT2D eigenvalue weighted by molar-refractivity contribution is 7.22. The van der Waals surface area contributed by atoms with E-state index in [1.807, 2.05) is 22.0 Å². The first-order valence-electron chi connectivity index (χ1n) is 10.8. The lowest BCUT2D eigenvalue weighted by Gasteiger charge is -2.09. The molecule has 1 saturated heterocycles. The summed E-state index contributed by atoms with van der Waals surface area (Å²) in [5, 5.41) is 12.4. The molecule has 0 aliphatic carbocycles. The highest BCUT2D eigenvalue weighted by Gasteiger charge is 2.22. The molecule has 158 valence electrons. The SMILES string of the molecule is Cc1cc(-c2[nH]c3cc(-c4cnn(C5CCNC5)c4)sc3c2C(C)C)cn2ncnc12. The quantitative estimate of drug-likeness (QED) is 0.430. The summed E-state index contributed by atoms with van der Waals surface area (Å²) in [6, 6.07) is 4.93. The molecule has 6 heterocycles. The molecular weight excluding hydrogens is 406 g/mol. The number of nitrogens with one attached hydrogen (secondary N) is 2. The number of aromatic amines is 1. The molecule has 1 aliphatic rings. The number of aryl methyl sites for hydroxylation is 1. The molecule has 1 unspecified atom stereocenters. The fourth-order valence-electron chi connectivity index (χ4n) is 4.68. The Hall–Kier alpha value is -2.97. The number of thiophene rings is 1. The number of hydrogen-bond donors (Lipinski definition) is 2. The third-order valence-corrected chi connectivity index (χ3v) is 7.44. The van der Waals surface area contributed by atoms with E-state index in [0.29, 0.717) is 12.0 Å². The van der Waals surface area contributed by atoms with E-state index >= 15 is 0 Å². The Morgan fingerprint density at radius 1 is 1.16 bits per heavy atom. The van der Waals surface area contributed by atoms with E-state index in [1.54, 1.807) is 6.33 Å². The van der Waals surface area contributed by atoms with Gasteiger partial charge in [0.2, 0.25) is 0 Å². The Balaban J connectivity index is 1.44. The summed E-state index contributed by atoms with van der Waals surface area (Å²) in [6.45, 7) is 8.68. The molecule has 6 rings (SSSR count). The van der Waals surface area contributed by atoms with Crippen LogP contribution in [0.1, 0.15) is 43.4 Å². The van der Waals surface area contributed by atoms with Crippen LogP contribution in [0.3, 0.4) is 0 Å². The molecule has 0 bridgehead atoms. The summed E-state index contributed by atoms with van der Waals surface area (Å²) >= 11 is 1.85. The minimum absolute atomic E-state index is 0.397. The van der Waals surface area contributed by atoms with E-state index in [9.17, 15) is 0 Å². The maximum Gasteiger partial charge on any atom is 0.158 e. The highest BCUT2D eigenvalue weighted by atomic mass is 32.1. The topological polar surface area (TPSA) is 75.8 Å². The summed E-state index contributed by atoms with van der Waals surface area (Å²) in [7, 11) is 0. The van der Waals surface area contributed by atoms with Gasteiger partial charge >= 0.3 is 0 Å². The molecule has 0 radical (unpaired) electrons. The molecule has 1 aliphatic heterocycles. The van der Waals surface area contributed by atoms with Crippen molar-refractivity contribution in [3.8, 4) is 21.7 Å². The van der Waals surface area contributed by atoms with Gasteiger partial charge in [-0.15, -0.1) is 11.3 Å². The minimum atomic E-state index is 0.397. The Kier molecular flexibility index (Phi) is 4.26. The van der Waals surface area contributed by atoms with Crippen LogP contribution < -0.4 is 5.32 Å². The first-order valence-corrected chi connectivity index (χ1v) is 11.6. The Morgan fingerprint density at radius 2 is 2.06 bits per heavy atom. The maximum absolute atomic E-state index is 4.64. The van der Waals surface area contributed by atoms with Crippen LogP contribution in [0.5, 0.6) is 0 Å². The molecule has 0 aromatic carbocycles. The van der Waals surface area contributed by atoms with Crippen LogP contribution in [0.15, 0.2) is 37.1 Å². The Labute approximate surface area is 184 Å².